The van der Waals surface area contributed by atoms with E-state index in [4.69, 9.17) is 0 Å². The molecule has 1 N–H and O–H groups in total. The second-order valence-electron chi connectivity index (χ2n) is 4.95. The van der Waals surface area contributed by atoms with E-state index in [9.17, 15) is 9.59 Å². The fourth-order valence-corrected chi connectivity index (χ4v) is 2.44. The summed E-state index contributed by atoms with van der Waals surface area (Å²) in [6.45, 7) is 0.772. The molecule has 0 aromatic heterocycles. The molecular formula is C15H19NO2. The Labute approximate surface area is 108 Å². The van der Waals surface area contributed by atoms with Crippen LogP contribution in [-0.4, -0.2) is 18.7 Å². The molecule has 1 aliphatic carbocycles. The number of rotatable bonds is 4. The maximum Gasteiger partial charge on any atom is 0.251 e. The molecule has 0 atom stereocenters. The molecule has 96 valence electrons. The van der Waals surface area contributed by atoms with Gasteiger partial charge in [0.25, 0.3) is 5.91 Å². The summed E-state index contributed by atoms with van der Waals surface area (Å²) in [4.78, 5) is 22.4. The molecule has 3 heteroatoms. The lowest BCUT2D eigenvalue weighted by molar-refractivity contribution is 0.0943. The molecule has 2 rings (SSSR count). The quantitative estimate of drug-likeness (QED) is 0.829. The van der Waals surface area contributed by atoms with Gasteiger partial charge in [0.05, 0.1) is 0 Å². The van der Waals surface area contributed by atoms with E-state index in [-0.39, 0.29) is 5.91 Å². The van der Waals surface area contributed by atoms with Crippen LogP contribution in [0, 0.1) is 5.92 Å². The van der Waals surface area contributed by atoms with Crippen LogP contribution in [0.25, 0.3) is 0 Å². The number of hydrogen-bond donors (Lipinski definition) is 1. The number of carbonyl (C=O) groups excluding carboxylic acids is 2. The molecule has 0 bridgehead atoms. The van der Waals surface area contributed by atoms with E-state index in [2.05, 4.69) is 5.32 Å². The molecule has 1 aliphatic rings. The fraction of sp³-hybridized carbons (Fsp3) is 0.467. The first-order valence-electron chi connectivity index (χ1n) is 6.63. The summed E-state index contributed by atoms with van der Waals surface area (Å²) in [5.74, 6) is 0.593. The lowest BCUT2D eigenvalue weighted by Crippen LogP contribution is -2.30. The minimum atomic E-state index is -0.0435. The second-order valence-corrected chi connectivity index (χ2v) is 4.95. The van der Waals surface area contributed by atoms with Gasteiger partial charge >= 0.3 is 0 Å². The molecule has 1 amide bonds. The molecule has 0 unspecified atom stereocenters. The van der Waals surface area contributed by atoms with Crippen LogP contribution in [0.3, 0.4) is 0 Å². The van der Waals surface area contributed by atoms with Crippen LogP contribution in [0.1, 0.15) is 52.8 Å². The maximum absolute atomic E-state index is 11.9. The first-order chi connectivity index (χ1) is 8.79. The minimum absolute atomic E-state index is 0.0435. The van der Waals surface area contributed by atoms with Gasteiger partial charge in [-0.05, 0) is 30.9 Å². The van der Waals surface area contributed by atoms with E-state index in [1.165, 1.54) is 32.1 Å². The summed E-state index contributed by atoms with van der Waals surface area (Å²) in [5, 5.41) is 2.98. The van der Waals surface area contributed by atoms with Crippen molar-refractivity contribution in [2.45, 2.75) is 32.1 Å². The van der Waals surface area contributed by atoms with E-state index < -0.39 is 0 Å². The summed E-state index contributed by atoms with van der Waals surface area (Å²) in [6.07, 6.45) is 7.14. The number of nitrogens with one attached hydrogen (secondary N) is 1. The third-order valence-corrected chi connectivity index (χ3v) is 3.58. The molecule has 0 radical (unpaired) electrons. The van der Waals surface area contributed by atoms with Gasteiger partial charge in [-0.15, -0.1) is 0 Å². The third kappa shape index (κ3) is 3.42. The summed E-state index contributed by atoms with van der Waals surface area (Å²) < 4.78 is 0. The Morgan fingerprint density at radius 1 is 1.17 bits per heavy atom. The predicted octanol–water partition coefficient (Wildman–Crippen LogP) is 2.81. The molecule has 18 heavy (non-hydrogen) atoms. The Morgan fingerprint density at radius 2 is 1.83 bits per heavy atom. The van der Waals surface area contributed by atoms with Crippen molar-refractivity contribution in [3.63, 3.8) is 0 Å². The van der Waals surface area contributed by atoms with Gasteiger partial charge in [0.15, 0.2) is 0 Å². The molecule has 0 saturated heterocycles. The number of aldehydes is 1. The highest BCUT2D eigenvalue weighted by molar-refractivity contribution is 5.94. The predicted molar refractivity (Wildman–Crippen MR) is 70.7 cm³/mol. The average Bonchev–Trinajstić information content (AvgIpc) is 2.46. The summed E-state index contributed by atoms with van der Waals surface area (Å²) >= 11 is 0. The zero-order valence-corrected chi connectivity index (χ0v) is 10.5. The molecule has 1 fully saturated rings. The molecule has 1 saturated carbocycles. The van der Waals surface area contributed by atoms with Crippen LogP contribution in [0.5, 0.6) is 0 Å². The maximum atomic E-state index is 11.9. The Hall–Kier alpha value is -1.64. The van der Waals surface area contributed by atoms with Crippen LogP contribution in [-0.2, 0) is 0 Å². The van der Waals surface area contributed by atoms with E-state index in [1.54, 1.807) is 24.3 Å². The topological polar surface area (TPSA) is 46.2 Å². The Morgan fingerprint density at radius 3 is 2.44 bits per heavy atom. The van der Waals surface area contributed by atoms with Crippen molar-refractivity contribution in [3.8, 4) is 0 Å². The van der Waals surface area contributed by atoms with Crippen molar-refractivity contribution in [2.75, 3.05) is 6.54 Å². The van der Waals surface area contributed by atoms with Crippen molar-refractivity contribution >= 4 is 12.2 Å². The molecular weight excluding hydrogens is 226 g/mol. The largest absolute Gasteiger partial charge is 0.352 e. The molecule has 0 aliphatic heterocycles. The Kier molecular flexibility index (Phi) is 4.51. The summed E-state index contributed by atoms with van der Waals surface area (Å²) in [7, 11) is 0. The van der Waals surface area contributed by atoms with E-state index in [1.807, 2.05) is 0 Å². The SMILES string of the molecule is O=Cc1ccc(C(=O)NCC2CCCCC2)cc1. The van der Waals surface area contributed by atoms with Gasteiger partial charge in [0.2, 0.25) is 0 Å². The number of benzene rings is 1. The monoisotopic (exact) mass is 245 g/mol. The molecule has 0 spiro atoms. The number of carbonyl (C=O) groups is 2. The third-order valence-electron chi connectivity index (χ3n) is 3.58. The van der Waals surface area contributed by atoms with Crippen molar-refractivity contribution in [1.29, 1.82) is 0 Å². The number of hydrogen-bond acceptors (Lipinski definition) is 2. The van der Waals surface area contributed by atoms with Gasteiger partial charge in [-0.25, -0.2) is 0 Å². The van der Waals surface area contributed by atoms with Gasteiger partial charge in [0, 0.05) is 17.7 Å². The normalized spacial score (nSPS) is 16.2. The highest BCUT2D eigenvalue weighted by Crippen LogP contribution is 2.22. The van der Waals surface area contributed by atoms with Gasteiger partial charge in [-0.3, -0.25) is 9.59 Å². The minimum Gasteiger partial charge on any atom is -0.352 e. The van der Waals surface area contributed by atoms with Gasteiger partial charge in [-0.2, -0.15) is 0 Å². The molecule has 3 nitrogen and oxygen atoms in total. The highest BCUT2D eigenvalue weighted by Gasteiger charge is 2.14. The van der Waals surface area contributed by atoms with Gasteiger partial charge in [0.1, 0.15) is 6.29 Å². The van der Waals surface area contributed by atoms with E-state index >= 15 is 0 Å². The first kappa shape index (κ1) is 12.8. The summed E-state index contributed by atoms with van der Waals surface area (Å²) in [5.41, 5.74) is 1.22. The van der Waals surface area contributed by atoms with Crippen LogP contribution < -0.4 is 5.32 Å². The van der Waals surface area contributed by atoms with Crippen LogP contribution in [0.4, 0.5) is 0 Å². The van der Waals surface area contributed by atoms with Crippen LogP contribution in [0.15, 0.2) is 24.3 Å². The van der Waals surface area contributed by atoms with Crippen LogP contribution in [0.2, 0.25) is 0 Å². The van der Waals surface area contributed by atoms with Crippen LogP contribution >= 0.6 is 0 Å². The Bertz CT molecular complexity index is 405. The molecule has 1 aromatic carbocycles. The smallest absolute Gasteiger partial charge is 0.251 e. The first-order valence-corrected chi connectivity index (χ1v) is 6.63. The van der Waals surface area contributed by atoms with Crippen molar-refractivity contribution in [1.82, 2.24) is 5.32 Å². The van der Waals surface area contributed by atoms with Gasteiger partial charge < -0.3 is 5.32 Å². The highest BCUT2D eigenvalue weighted by atomic mass is 16.1. The second kappa shape index (κ2) is 6.34. The van der Waals surface area contributed by atoms with Crippen molar-refractivity contribution in [2.24, 2.45) is 5.92 Å². The van der Waals surface area contributed by atoms with E-state index in [0.717, 1.165) is 12.8 Å². The van der Waals surface area contributed by atoms with Crippen molar-refractivity contribution < 1.29 is 9.59 Å². The average molecular weight is 245 g/mol. The summed E-state index contributed by atoms with van der Waals surface area (Å²) in [6, 6.07) is 6.73. The molecule has 1 aromatic rings. The van der Waals surface area contributed by atoms with Crippen molar-refractivity contribution in [3.05, 3.63) is 35.4 Å². The van der Waals surface area contributed by atoms with E-state index in [0.29, 0.717) is 17.0 Å². The lowest BCUT2D eigenvalue weighted by atomic mass is 9.89. The number of amides is 1. The Balaban J connectivity index is 1.84. The fourth-order valence-electron chi connectivity index (χ4n) is 2.44. The standard InChI is InChI=1S/C15H19NO2/c17-11-13-6-8-14(9-7-13)15(18)16-10-12-4-2-1-3-5-12/h6-9,11-12H,1-5,10H2,(H,16,18). The van der Waals surface area contributed by atoms with Gasteiger partial charge in [-0.1, -0.05) is 31.4 Å². The zero-order valence-electron chi connectivity index (χ0n) is 10.5. The lowest BCUT2D eigenvalue weighted by Gasteiger charge is -2.21. The zero-order chi connectivity index (χ0) is 12.8. The molecule has 0 heterocycles.